The third kappa shape index (κ3) is 4.07. The summed E-state index contributed by atoms with van der Waals surface area (Å²) in [6, 6.07) is 13.6. The highest BCUT2D eigenvalue weighted by atomic mass is 32.2. The Labute approximate surface area is 179 Å². The van der Waals surface area contributed by atoms with E-state index in [1.54, 1.807) is 16.7 Å². The maximum absolute atomic E-state index is 13.0. The van der Waals surface area contributed by atoms with Gasteiger partial charge in [-0.05, 0) is 62.1 Å². The number of pyridine rings is 1. The van der Waals surface area contributed by atoms with Gasteiger partial charge in [0.1, 0.15) is 11.7 Å². The molecule has 0 radical (unpaired) electrons. The van der Waals surface area contributed by atoms with E-state index in [0.717, 1.165) is 47.7 Å². The van der Waals surface area contributed by atoms with Crippen molar-refractivity contribution < 1.29 is 9.59 Å². The summed E-state index contributed by atoms with van der Waals surface area (Å²) in [6.45, 7) is 0.645. The lowest BCUT2D eigenvalue weighted by molar-refractivity contribution is -0.125. The number of fused-ring (bicyclic) bond motifs is 1. The highest BCUT2D eigenvalue weighted by Crippen LogP contribution is 2.26. The zero-order valence-electron chi connectivity index (χ0n) is 16.7. The Morgan fingerprint density at radius 2 is 1.93 bits per heavy atom. The number of thioether (sulfide) groups is 1. The van der Waals surface area contributed by atoms with Crippen molar-refractivity contribution >= 4 is 29.2 Å². The normalized spacial score (nSPS) is 18.7. The zero-order valence-corrected chi connectivity index (χ0v) is 17.5. The molecular weight excluding hydrogens is 396 g/mol. The molecule has 1 aliphatic heterocycles. The van der Waals surface area contributed by atoms with Gasteiger partial charge >= 0.3 is 0 Å². The highest BCUT2D eigenvalue weighted by Gasteiger charge is 2.36. The number of hydrogen-bond donors (Lipinski definition) is 1. The lowest BCUT2D eigenvalue weighted by atomic mass is 10.1. The van der Waals surface area contributed by atoms with Gasteiger partial charge in [0.15, 0.2) is 0 Å². The molecule has 2 aliphatic rings. The van der Waals surface area contributed by atoms with E-state index in [1.165, 1.54) is 0 Å². The van der Waals surface area contributed by atoms with Crippen molar-refractivity contribution in [2.24, 2.45) is 0 Å². The first-order valence-electron chi connectivity index (χ1n) is 10.4. The van der Waals surface area contributed by atoms with Crippen LogP contribution in [0.3, 0.4) is 0 Å². The number of hydrogen-bond acceptors (Lipinski definition) is 4. The topological polar surface area (TPSA) is 66.7 Å². The van der Waals surface area contributed by atoms with E-state index in [2.05, 4.69) is 10.3 Å². The number of imidazole rings is 1. The van der Waals surface area contributed by atoms with Crippen LogP contribution in [-0.2, 0) is 10.5 Å². The number of benzene rings is 1. The van der Waals surface area contributed by atoms with Crippen molar-refractivity contribution in [1.29, 1.82) is 0 Å². The molecule has 2 aromatic heterocycles. The maximum Gasteiger partial charge on any atom is 0.254 e. The van der Waals surface area contributed by atoms with Crippen molar-refractivity contribution in [2.75, 3.05) is 6.54 Å². The van der Waals surface area contributed by atoms with Gasteiger partial charge in [-0.2, -0.15) is 0 Å². The second-order valence-corrected chi connectivity index (χ2v) is 9.00. The third-order valence-corrected chi connectivity index (χ3v) is 6.69. The SMILES string of the molecule is O=C(NC1CC1)C1CCCN1C(=O)c1ccc(SCc2cn3ccccc3n2)cc1. The van der Waals surface area contributed by atoms with E-state index in [-0.39, 0.29) is 17.9 Å². The van der Waals surface area contributed by atoms with E-state index in [4.69, 9.17) is 0 Å². The molecule has 0 bridgehead atoms. The van der Waals surface area contributed by atoms with Crippen LogP contribution in [0.15, 0.2) is 59.8 Å². The number of nitrogens with zero attached hydrogens (tertiary/aromatic N) is 3. The van der Waals surface area contributed by atoms with Crippen molar-refractivity contribution in [1.82, 2.24) is 19.6 Å². The molecule has 6 nitrogen and oxygen atoms in total. The highest BCUT2D eigenvalue weighted by molar-refractivity contribution is 7.98. The molecule has 1 N–H and O–H groups in total. The third-order valence-electron chi connectivity index (χ3n) is 5.64. The number of rotatable bonds is 6. The predicted molar refractivity (Wildman–Crippen MR) is 116 cm³/mol. The van der Waals surface area contributed by atoms with Crippen molar-refractivity contribution in [3.05, 3.63) is 66.1 Å². The maximum atomic E-state index is 13.0. The molecule has 1 saturated heterocycles. The van der Waals surface area contributed by atoms with Gasteiger partial charge in [-0.15, -0.1) is 11.8 Å². The zero-order chi connectivity index (χ0) is 20.5. The van der Waals surface area contributed by atoms with Gasteiger partial charge in [0.25, 0.3) is 5.91 Å². The van der Waals surface area contributed by atoms with Crippen LogP contribution in [0.5, 0.6) is 0 Å². The molecule has 3 aromatic rings. The number of likely N-dealkylation sites (tertiary alicyclic amines) is 1. The van der Waals surface area contributed by atoms with Gasteiger partial charge in [-0.25, -0.2) is 4.98 Å². The second kappa shape index (κ2) is 8.14. The predicted octanol–water partition coefficient (Wildman–Crippen LogP) is 3.51. The summed E-state index contributed by atoms with van der Waals surface area (Å²) in [6.07, 6.45) is 7.77. The lowest BCUT2D eigenvalue weighted by Gasteiger charge is -2.24. The summed E-state index contributed by atoms with van der Waals surface area (Å²) in [4.78, 5) is 32.9. The number of carbonyl (C=O) groups excluding carboxylic acids is 2. The van der Waals surface area contributed by atoms with Crippen molar-refractivity contribution in [2.45, 2.75) is 48.4 Å². The largest absolute Gasteiger partial charge is 0.352 e. The van der Waals surface area contributed by atoms with Crippen LogP contribution in [0.4, 0.5) is 0 Å². The van der Waals surface area contributed by atoms with Crippen molar-refractivity contribution in [3.8, 4) is 0 Å². The number of nitrogens with one attached hydrogen (secondary N) is 1. The monoisotopic (exact) mass is 420 g/mol. The molecule has 1 unspecified atom stereocenters. The Balaban J connectivity index is 1.21. The summed E-state index contributed by atoms with van der Waals surface area (Å²) in [5.41, 5.74) is 2.60. The van der Waals surface area contributed by atoms with Gasteiger partial charge in [-0.1, -0.05) is 6.07 Å². The molecule has 2 fully saturated rings. The molecule has 5 rings (SSSR count). The van der Waals surface area contributed by atoms with Gasteiger partial charge in [-0.3, -0.25) is 9.59 Å². The molecule has 1 saturated carbocycles. The Bertz CT molecular complexity index is 1040. The Hall–Kier alpha value is -2.80. The fraction of sp³-hybridized carbons (Fsp3) is 0.348. The fourth-order valence-electron chi connectivity index (χ4n) is 3.88. The molecule has 154 valence electrons. The average Bonchev–Trinajstić information content (AvgIpc) is 3.28. The van der Waals surface area contributed by atoms with Crippen LogP contribution < -0.4 is 5.32 Å². The number of carbonyl (C=O) groups is 2. The van der Waals surface area contributed by atoms with Crippen LogP contribution in [0.25, 0.3) is 5.65 Å². The molecule has 7 heteroatoms. The van der Waals surface area contributed by atoms with Gasteiger partial charge < -0.3 is 14.6 Å². The minimum atomic E-state index is -0.331. The molecular formula is C23H24N4O2S. The Morgan fingerprint density at radius 1 is 1.10 bits per heavy atom. The van der Waals surface area contributed by atoms with Gasteiger partial charge in [0.05, 0.1) is 5.69 Å². The van der Waals surface area contributed by atoms with E-state index in [0.29, 0.717) is 18.2 Å². The van der Waals surface area contributed by atoms with E-state index >= 15 is 0 Å². The molecule has 1 aromatic carbocycles. The van der Waals surface area contributed by atoms with Gasteiger partial charge in [0.2, 0.25) is 5.91 Å². The summed E-state index contributed by atoms with van der Waals surface area (Å²) < 4.78 is 2.02. The molecule has 1 aliphatic carbocycles. The van der Waals surface area contributed by atoms with Crippen molar-refractivity contribution in [3.63, 3.8) is 0 Å². The van der Waals surface area contributed by atoms with Crippen LogP contribution in [0.1, 0.15) is 41.7 Å². The van der Waals surface area contributed by atoms with Crippen LogP contribution in [0.2, 0.25) is 0 Å². The Morgan fingerprint density at radius 3 is 2.70 bits per heavy atom. The smallest absolute Gasteiger partial charge is 0.254 e. The van der Waals surface area contributed by atoms with E-state index in [9.17, 15) is 9.59 Å². The molecule has 0 spiro atoms. The van der Waals surface area contributed by atoms with E-state index in [1.807, 2.05) is 59.3 Å². The standard InChI is InChI=1S/C23H24N4O2S/c28-22(25-17-8-9-17)20-4-3-13-27(20)23(29)16-6-10-19(11-7-16)30-15-18-14-26-12-2-1-5-21(26)24-18/h1-2,5-7,10-12,14,17,20H,3-4,8-9,13,15H2,(H,25,28). The second-order valence-electron chi connectivity index (χ2n) is 7.95. The molecule has 30 heavy (non-hydrogen) atoms. The lowest BCUT2D eigenvalue weighted by Crippen LogP contribution is -2.46. The number of amides is 2. The molecule has 3 heterocycles. The van der Waals surface area contributed by atoms with Gasteiger partial charge in [0, 0.05) is 41.2 Å². The summed E-state index contributed by atoms with van der Waals surface area (Å²) in [7, 11) is 0. The fourth-order valence-corrected chi connectivity index (χ4v) is 4.66. The first kappa shape index (κ1) is 19.2. The Kier molecular flexibility index (Phi) is 5.21. The minimum Gasteiger partial charge on any atom is -0.352 e. The summed E-state index contributed by atoms with van der Waals surface area (Å²) in [5.74, 6) is 0.716. The minimum absolute atomic E-state index is 0.00276. The first-order chi connectivity index (χ1) is 14.7. The average molecular weight is 421 g/mol. The van der Waals surface area contributed by atoms with Crippen LogP contribution in [0, 0.1) is 0 Å². The molecule has 2 amide bonds. The molecule has 1 atom stereocenters. The first-order valence-corrected chi connectivity index (χ1v) is 11.4. The quantitative estimate of drug-likeness (QED) is 0.620. The number of aromatic nitrogens is 2. The van der Waals surface area contributed by atoms with Crippen LogP contribution in [-0.4, -0.2) is 44.7 Å². The van der Waals surface area contributed by atoms with E-state index < -0.39 is 0 Å². The van der Waals surface area contributed by atoms with Crippen LogP contribution >= 0.6 is 11.8 Å². The summed E-state index contributed by atoms with van der Waals surface area (Å²) >= 11 is 1.70. The summed E-state index contributed by atoms with van der Waals surface area (Å²) in [5, 5.41) is 3.04.